The van der Waals surface area contributed by atoms with Crippen LogP contribution in [-0.4, -0.2) is 31.2 Å². The Kier molecular flexibility index (Phi) is 4.71. The van der Waals surface area contributed by atoms with Crippen LogP contribution in [-0.2, 0) is 11.3 Å². The summed E-state index contributed by atoms with van der Waals surface area (Å²) in [6.45, 7) is 2.18. The average molecular weight is 377 g/mol. The molecule has 2 heterocycles. The summed E-state index contributed by atoms with van der Waals surface area (Å²) in [7, 11) is 0. The molecule has 0 unspecified atom stereocenters. The van der Waals surface area contributed by atoms with Gasteiger partial charge in [0.1, 0.15) is 17.9 Å². The minimum Gasteiger partial charge on any atom is -0.456 e. The van der Waals surface area contributed by atoms with E-state index in [4.69, 9.17) is 4.74 Å². The molecule has 0 spiro atoms. The molecule has 4 aromatic rings. The van der Waals surface area contributed by atoms with Gasteiger partial charge in [-0.3, -0.25) is 0 Å². The summed E-state index contributed by atoms with van der Waals surface area (Å²) in [5, 5.41) is 13.8. The molecule has 0 N–H and O–H groups in total. The summed E-state index contributed by atoms with van der Waals surface area (Å²) < 4.78 is 6.88. The third-order valence-electron chi connectivity index (χ3n) is 3.92. The Bertz CT molecular complexity index is 1040. The van der Waals surface area contributed by atoms with E-state index in [0.29, 0.717) is 5.56 Å². The van der Waals surface area contributed by atoms with Gasteiger partial charge >= 0.3 is 5.97 Å². The highest BCUT2D eigenvalue weighted by Crippen LogP contribution is 2.24. The highest BCUT2D eigenvalue weighted by atomic mass is 32.1. The van der Waals surface area contributed by atoms with E-state index in [1.54, 1.807) is 24.3 Å². The molecule has 0 aliphatic rings. The van der Waals surface area contributed by atoms with Gasteiger partial charge in [-0.05, 0) is 41.6 Å². The summed E-state index contributed by atoms with van der Waals surface area (Å²) in [6.07, 6.45) is 1.49. The maximum absolute atomic E-state index is 12.2. The number of aromatic nitrogens is 5. The first kappa shape index (κ1) is 17.0. The molecule has 2 aromatic carbocycles. The maximum Gasteiger partial charge on any atom is 0.338 e. The molecule has 0 aliphatic heterocycles. The molecule has 0 saturated heterocycles. The topological polar surface area (TPSA) is 82.8 Å². The van der Waals surface area contributed by atoms with E-state index in [1.165, 1.54) is 27.9 Å². The molecular formula is C19H15N5O2S. The number of benzene rings is 2. The van der Waals surface area contributed by atoms with Crippen LogP contribution in [0.4, 0.5) is 0 Å². The number of esters is 1. The Morgan fingerprint density at radius 1 is 1.11 bits per heavy atom. The van der Waals surface area contributed by atoms with Gasteiger partial charge in [-0.15, -0.1) is 16.4 Å². The second-order valence-corrected chi connectivity index (χ2v) is 6.75. The Morgan fingerprint density at radius 3 is 2.59 bits per heavy atom. The van der Waals surface area contributed by atoms with Crippen LogP contribution in [0.15, 0.2) is 60.2 Å². The lowest BCUT2D eigenvalue weighted by Gasteiger charge is -2.04. The summed E-state index contributed by atoms with van der Waals surface area (Å²) in [4.78, 5) is 16.8. The smallest absolute Gasteiger partial charge is 0.338 e. The molecule has 0 saturated carbocycles. The summed E-state index contributed by atoms with van der Waals surface area (Å²) in [6, 6.07) is 15.0. The standard InChI is InChI=1S/C19H15N5O2S/c1-13-2-4-14(5-3-13)18-21-16(11-27-18)10-26-19(25)15-6-8-17(9-7-15)24-12-20-22-23-24/h2-9,11-12H,10H2,1H3. The fourth-order valence-corrected chi connectivity index (χ4v) is 3.27. The number of aryl methyl sites for hydroxylation is 1. The Balaban J connectivity index is 1.38. The number of ether oxygens (including phenoxy) is 1. The zero-order valence-corrected chi connectivity index (χ0v) is 15.3. The van der Waals surface area contributed by atoms with Crippen molar-refractivity contribution in [2.75, 3.05) is 0 Å². The van der Waals surface area contributed by atoms with Crippen LogP contribution < -0.4 is 0 Å². The average Bonchev–Trinajstić information content (AvgIpc) is 3.39. The van der Waals surface area contributed by atoms with E-state index in [2.05, 4.69) is 32.6 Å². The molecule has 0 radical (unpaired) electrons. The van der Waals surface area contributed by atoms with Gasteiger partial charge in [0.25, 0.3) is 0 Å². The molecule has 4 rings (SSSR count). The van der Waals surface area contributed by atoms with Crippen molar-refractivity contribution in [3.05, 3.63) is 77.1 Å². The molecule has 0 atom stereocenters. The normalized spacial score (nSPS) is 10.7. The van der Waals surface area contributed by atoms with Gasteiger partial charge in [0.05, 0.1) is 16.9 Å². The molecule has 0 bridgehead atoms. The highest BCUT2D eigenvalue weighted by Gasteiger charge is 2.10. The molecule has 0 aliphatic carbocycles. The van der Waals surface area contributed by atoms with Crippen molar-refractivity contribution in [3.63, 3.8) is 0 Å². The quantitative estimate of drug-likeness (QED) is 0.496. The van der Waals surface area contributed by atoms with Gasteiger partial charge in [0, 0.05) is 10.9 Å². The molecular weight excluding hydrogens is 362 g/mol. The van der Waals surface area contributed by atoms with Gasteiger partial charge < -0.3 is 4.74 Å². The third-order valence-corrected chi connectivity index (χ3v) is 4.86. The van der Waals surface area contributed by atoms with Crippen molar-refractivity contribution in [3.8, 4) is 16.3 Å². The largest absolute Gasteiger partial charge is 0.456 e. The highest BCUT2D eigenvalue weighted by molar-refractivity contribution is 7.13. The Morgan fingerprint density at radius 2 is 1.89 bits per heavy atom. The zero-order valence-electron chi connectivity index (χ0n) is 14.4. The number of thiazole rings is 1. The molecule has 134 valence electrons. The van der Waals surface area contributed by atoms with Crippen LogP contribution >= 0.6 is 11.3 Å². The summed E-state index contributed by atoms with van der Waals surface area (Å²) >= 11 is 1.53. The second kappa shape index (κ2) is 7.46. The number of hydrogen-bond donors (Lipinski definition) is 0. The first-order chi connectivity index (χ1) is 13.2. The molecule has 0 amide bonds. The van der Waals surface area contributed by atoms with Crippen LogP contribution in [0, 0.1) is 6.92 Å². The van der Waals surface area contributed by atoms with Crippen molar-refractivity contribution in [1.82, 2.24) is 25.2 Å². The van der Waals surface area contributed by atoms with Crippen molar-refractivity contribution in [1.29, 1.82) is 0 Å². The number of tetrazole rings is 1. The van der Waals surface area contributed by atoms with Crippen LogP contribution in [0.1, 0.15) is 21.6 Å². The minimum absolute atomic E-state index is 0.135. The number of carbonyl (C=O) groups excluding carboxylic acids is 1. The monoisotopic (exact) mass is 377 g/mol. The number of nitrogens with zero attached hydrogens (tertiary/aromatic N) is 5. The van der Waals surface area contributed by atoms with E-state index >= 15 is 0 Å². The lowest BCUT2D eigenvalue weighted by atomic mass is 10.2. The third kappa shape index (κ3) is 3.90. The van der Waals surface area contributed by atoms with Crippen molar-refractivity contribution in [2.45, 2.75) is 13.5 Å². The van der Waals surface area contributed by atoms with E-state index in [9.17, 15) is 4.79 Å². The second-order valence-electron chi connectivity index (χ2n) is 5.89. The van der Waals surface area contributed by atoms with Crippen molar-refractivity contribution in [2.24, 2.45) is 0 Å². The fourth-order valence-electron chi connectivity index (χ4n) is 2.45. The lowest BCUT2D eigenvalue weighted by Crippen LogP contribution is -2.06. The van der Waals surface area contributed by atoms with Crippen LogP contribution in [0.3, 0.4) is 0 Å². The first-order valence-corrected chi connectivity index (χ1v) is 9.09. The summed E-state index contributed by atoms with van der Waals surface area (Å²) in [5.41, 5.74) is 4.21. The van der Waals surface area contributed by atoms with E-state index in [0.717, 1.165) is 22.0 Å². The molecule has 2 aromatic heterocycles. The van der Waals surface area contributed by atoms with Gasteiger partial charge in [0.15, 0.2) is 0 Å². The van der Waals surface area contributed by atoms with Gasteiger partial charge in [-0.1, -0.05) is 29.8 Å². The molecule has 7 nitrogen and oxygen atoms in total. The van der Waals surface area contributed by atoms with Crippen LogP contribution in [0.2, 0.25) is 0 Å². The predicted molar refractivity (Wildman–Crippen MR) is 101 cm³/mol. The van der Waals surface area contributed by atoms with Crippen molar-refractivity contribution >= 4 is 17.3 Å². The number of rotatable bonds is 5. The fraction of sp³-hybridized carbons (Fsp3) is 0.105. The predicted octanol–water partition coefficient (Wildman–Crippen LogP) is 3.45. The SMILES string of the molecule is Cc1ccc(-c2nc(COC(=O)c3ccc(-n4cnnn4)cc3)cs2)cc1. The molecule has 0 fully saturated rings. The number of carbonyl (C=O) groups is 1. The van der Waals surface area contributed by atoms with Crippen LogP contribution in [0.25, 0.3) is 16.3 Å². The first-order valence-electron chi connectivity index (χ1n) is 8.21. The van der Waals surface area contributed by atoms with Gasteiger partial charge in [-0.2, -0.15) is 0 Å². The van der Waals surface area contributed by atoms with E-state index in [1.807, 2.05) is 24.4 Å². The molecule has 8 heteroatoms. The molecule has 27 heavy (non-hydrogen) atoms. The van der Waals surface area contributed by atoms with Crippen molar-refractivity contribution < 1.29 is 9.53 Å². The Hall–Kier alpha value is -3.39. The van der Waals surface area contributed by atoms with Gasteiger partial charge in [-0.25, -0.2) is 14.5 Å². The zero-order chi connectivity index (χ0) is 18.6. The Labute approximate surface area is 159 Å². The van der Waals surface area contributed by atoms with Gasteiger partial charge in [0.2, 0.25) is 0 Å². The van der Waals surface area contributed by atoms with Crippen LogP contribution in [0.5, 0.6) is 0 Å². The van der Waals surface area contributed by atoms with E-state index in [-0.39, 0.29) is 6.61 Å². The number of hydrogen-bond acceptors (Lipinski definition) is 7. The lowest BCUT2D eigenvalue weighted by molar-refractivity contribution is 0.0468. The summed E-state index contributed by atoms with van der Waals surface area (Å²) in [5.74, 6) is -0.400. The minimum atomic E-state index is -0.400. The van der Waals surface area contributed by atoms with E-state index < -0.39 is 5.97 Å². The maximum atomic E-state index is 12.2.